The molecule has 0 spiro atoms. The normalized spacial score (nSPS) is 18.2. The van der Waals surface area contributed by atoms with E-state index < -0.39 is 41.1 Å². The van der Waals surface area contributed by atoms with E-state index in [2.05, 4.69) is 32.6 Å². The van der Waals surface area contributed by atoms with Crippen molar-refractivity contribution in [2.24, 2.45) is 0 Å². The van der Waals surface area contributed by atoms with Crippen LogP contribution in [0.5, 0.6) is 0 Å². The minimum Gasteiger partial charge on any atom is -0.444 e. The monoisotopic (exact) mass is 657 g/mol. The van der Waals surface area contributed by atoms with E-state index in [1.54, 1.807) is 68.5 Å². The fourth-order valence-corrected chi connectivity index (χ4v) is 4.82. The molecule has 3 amide bonds. The first-order chi connectivity index (χ1) is 17.8. The van der Waals surface area contributed by atoms with E-state index in [9.17, 15) is 19.2 Å². The topological polar surface area (TPSA) is 133 Å². The van der Waals surface area contributed by atoms with Gasteiger partial charge in [0.1, 0.15) is 35.1 Å². The molecule has 3 heterocycles. The summed E-state index contributed by atoms with van der Waals surface area (Å²) in [5, 5.41) is 0.424. The number of aldehydes is 1. The van der Waals surface area contributed by atoms with Crippen LogP contribution in [0.25, 0.3) is 11.0 Å². The number of imide groups is 1. The summed E-state index contributed by atoms with van der Waals surface area (Å²) >= 11 is 2.07. The smallest absolute Gasteiger partial charge is 0.425 e. The second-order valence-electron chi connectivity index (χ2n) is 12.3. The Labute approximate surface area is 241 Å². The quantitative estimate of drug-likeness (QED) is 0.240. The molecule has 214 valence electrons. The SMILES string of the molecule is CC(C)(C)OC(=O)N(C(=O)OC(C)(C)C)c1ncnc2c1c(I)cn2[C@H]1C[C@@H](C=O)N(C(=O)OC(C)(C)C)C1. The molecule has 0 radical (unpaired) electrons. The minimum absolute atomic E-state index is 0.000540. The molecule has 2 aromatic rings. The van der Waals surface area contributed by atoms with Crippen molar-refractivity contribution in [3.05, 3.63) is 16.1 Å². The molecule has 2 atom stereocenters. The first kappa shape index (κ1) is 30.6. The third-order valence-electron chi connectivity index (χ3n) is 5.41. The lowest BCUT2D eigenvalue weighted by Gasteiger charge is -2.28. The van der Waals surface area contributed by atoms with Gasteiger partial charge in [0.2, 0.25) is 0 Å². The highest BCUT2D eigenvalue weighted by Gasteiger charge is 2.40. The number of carbonyl (C=O) groups is 4. The lowest BCUT2D eigenvalue weighted by Crippen LogP contribution is -2.44. The lowest BCUT2D eigenvalue weighted by molar-refractivity contribution is -0.111. The van der Waals surface area contributed by atoms with Crippen LogP contribution in [0.15, 0.2) is 12.5 Å². The van der Waals surface area contributed by atoms with Crippen LogP contribution < -0.4 is 4.90 Å². The van der Waals surface area contributed by atoms with Crippen LogP contribution >= 0.6 is 22.6 Å². The number of rotatable bonds is 3. The van der Waals surface area contributed by atoms with Crippen LogP contribution in [-0.2, 0) is 19.0 Å². The van der Waals surface area contributed by atoms with Crippen molar-refractivity contribution in [2.45, 2.75) is 97.6 Å². The van der Waals surface area contributed by atoms with E-state index >= 15 is 0 Å². The molecule has 12 nitrogen and oxygen atoms in total. The van der Waals surface area contributed by atoms with Crippen molar-refractivity contribution in [1.29, 1.82) is 0 Å². The van der Waals surface area contributed by atoms with Crippen LogP contribution in [0, 0.1) is 3.57 Å². The highest BCUT2D eigenvalue weighted by Crippen LogP contribution is 2.36. The molecule has 0 aliphatic carbocycles. The molecule has 0 aromatic carbocycles. The van der Waals surface area contributed by atoms with Gasteiger partial charge in [-0.25, -0.2) is 24.4 Å². The second-order valence-corrected chi connectivity index (χ2v) is 13.5. The van der Waals surface area contributed by atoms with Crippen molar-refractivity contribution in [1.82, 2.24) is 19.4 Å². The summed E-state index contributed by atoms with van der Waals surface area (Å²) in [5.41, 5.74) is -2.07. The Morgan fingerprint density at radius 1 is 0.949 bits per heavy atom. The average Bonchev–Trinajstić information content (AvgIpc) is 3.32. The van der Waals surface area contributed by atoms with Gasteiger partial charge in [0.05, 0.1) is 17.5 Å². The molecule has 0 bridgehead atoms. The van der Waals surface area contributed by atoms with Crippen molar-refractivity contribution >= 4 is 64.0 Å². The lowest BCUT2D eigenvalue weighted by atomic mass is 10.2. The summed E-state index contributed by atoms with van der Waals surface area (Å²) in [4.78, 5) is 62.0. The predicted octanol–water partition coefficient (Wildman–Crippen LogP) is 5.46. The first-order valence-electron chi connectivity index (χ1n) is 12.5. The van der Waals surface area contributed by atoms with E-state index in [4.69, 9.17) is 14.2 Å². The van der Waals surface area contributed by atoms with Crippen molar-refractivity contribution in [3.8, 4) is 0 Å². The zero-order chi connectivity index (χ0) is 29.5. The van der Waals surface area contributed by atoms with Gasteiger partial charge in [-0.1, -0.05) is 0 Å². The zero-order valence-electron chi connectivity index (χ0n) is 23.8. The van der Waals surface area contributed by atoms with Gasteiger partial charge in [0.15, 0.2) is 5.82 Å². The molecular formula is C26H36IN5O7. The molecule has 1 saturated heterocycles. The Morgan fingerprint density at radius 2 is 1.49 bits per heavy atom. The number of halogens is 1. The Balaban J connectivity index is 2.07. The molecule has 2 aromatic heterocycles. The van der Waals surface area contributed by atoms with Gasteiger partial charge in [-0.2, -0.15) is 4.90 Å². The van der Waals surface area contributed by atoms with Crippen LogP contribution in [-0.4, -0.2) is 73.4 Å². The number of aromatic nitrogens is 3. The maximum atomic E-state index is 13.3. The third kappa shape index (κ3) is 7.37. The van der Waals surface area contributed by atoms with Gasteiger partial charge < -0.3 is 23.6 Å². The molecule has 1 aliphatic heterocycles. The number of amides is 3. The largest absolute Gasteiger partial charge is 0.444 e. The van der Waals surface area contributed by atoms with Crippen LogP contribution in [0.2, 0.25) is 0 Å². The van der Waals surface area contributed by atoms with Crippen LogP contribution in [0.3, 0.4) is 0 Å². The van der Waals surface area contributed by atoms with Crippen molar-refractivity contribution in [2.75, 3.05) is 11.4 Å². The fourth-order valence-electron chi connectivity index (χ4n) is 4.04. The van der Waals surface area contributed by atoms with Gasteiger partial charge in [-0.15, -0.1) is 0 Å². The van der Waals surface area contributed by atoms with E-state index in [0.29, 0.717) is 21.0 Å². The summed E-state index contributed by atoms with van der Waals surface area (Å²) in [6, 6.07) is -1.00. The molecule has 0 saturated carbocycles. The second kappa shape index (κ2) is 10.9. The Kier molecular flexibility index (Phi) is 8.54. The van der Waals surface area contributed by atoms with E-state index in [1.807, 2.05) is 4.57 Å². The summed E-state index contributed by atoms with van der Waals surface area (Å²) in [6.07, 6.45) is 1.62. The van der Waals surface area contributed by atoms with Gasteiger partial charge in [-0.05, 0) is 91.3 Å². The molecule has 39 heavy (non-hydrogen) atoms. The van der Waals surface area contributed by atoms with Crippen LogP contribution in [0.4, 0.5) is 20.2 Å². The third-order valence-corrected chi connectivity index (χ3v) is 6.22. The summed E-state index contributed by atoms with van der Waals surface area (Å²) < 4.78 is 19.0. The maximum absolute atomic E-state index is 13.3. The number of carbonyl (C=O) groups excluding carboxylic acids is 4. The molecule has 1 aliphatic rings. The summed E-state index contributed by atoms with van der Waals surface area (Å²) in [6.45, 7) is 15.6. The first-order valence-corrected chi connectivity index (χ1v) is 13.6. The molecule has 0 unspecified atom stereocenters. The number of anilines is 1. The van der Waals surface area contributed by atoms with E-state index in [1.165, 1.54) is 11.2 Å². The summed E-state index contributed by atoms with van der Waals surface area (Å²) in [7, 11) is 0. The standard InChI is InChI=1S/C26H36IN5O7/c1-24(2,3)37-21(34)31-11-15(10-16(31)13-33)30-12-17(27)18-19(30)28-14-29-20(18)32(22(35)38-25(4,5)6)23(36)39-26(7,8)9/h12-16H,10-11H2,1-9H3/t15-,16-/m0/s1. The highest BCUT2D eigenvalue weighted by molar-refractivity contribution is 14.1. The fraction of sp³-hybridized carbons (Fsp3) is 0.615. The number of hydrogen-bond donors (Lipinski definition) is 0. The van der Waals surface area contributed by atoms with Gasteiger partial charge in [0, 0.05) is 16.3 Å². The minimum atomic E-state index is -0.946. The Hall–Kier alpha value is -2.97. The molecule has 1 fully saturated rings. The molecule has 3 rings (SSSR count). The number of likely N-dealkylation sites (tertiary alicyclic amines) is 1. The summed E-state index contributed by atoms with van der Waals surface area (Å²) in [5.74, 6) is 0.000540. The van der Waals surface area contributed by atoms with Gasteiger partial charge in [0.25, 0.3) is 0 Å². The molecule has 13 heteroatoms. The van der Waals surface area contributed by atoms with Gasteiger partial charge >= 0.3 is 18.3 Å². The Morgan fingerprint density at radius 3 is 1.97 bits per heavy atom. The van der Waals surface area contributed by atoms with Crippen LogP contribution in [0.1, 0.15) is 74.8 Å². The van der Waals surface area contributed by atoms with Crippen molar-refractivity contribution in [3.63, 3.8) is 0 Å². The number of ether oxygens (including phenoxy) is 3. The number of nitrogens with zero attached hydrogens (tertiary/aromatic N) is 5. The van der Waals surface area contributed by atoms with E-state index in [-0.39, 0.29) is 18.4 Å². The average molecular weight is 658 g/mol. The zero-order valence-corrected chi connectivity index (χ0v) is 25.9. The number of hydrogen-bond acceptors (Lipinski definition) is 9. The van der Waals surface area contributed by atoms with Crippen molar-refractivity contribution < 1.29 is 33.4 Å². The molecular weight excluding hydrogens is 621 g/mol. The highest BCUT2D eigenvalue weighted by atomic mass is 127. The maximum Gasteiger partial charge on any atom is 0.425 e. The predicted molar refractivity (Wildman–Crippen MR) is 152 cm³/mol. The Bertz CT molecular complexity index is 1240. The molecule has 0 N–H and O–H groups in total. The van der Waals surface area contributed by atoms with E-state index in [0.717, 1.165) is 11.2 Å². The number of fused-ring (bicyclic) bond motifs is 1. The van der Waals surface area contributed by atoms with Gasteiger partial charge in [-0.3, -0.25) is 4.90 Å².